The zero-order valence-corrected chi connectivity index (χ0v) is 18.7. The van der Waals surface area contributed by atoms with Crippen LogP contribution in [0.5, 0.6) is 5.75 Å². The lowest BCUT2D eigenvalue weighted by molar-refractivity contribution is -0.143. The SMILES string of the molecule is COC(=O)[C@@H]1[C@@H]2c3ccccc3-c3ccccc3[C@H]2[C@H](C(=O)OC)N1c1ccc(OC)cc1. The van der Waals surface area contributed by atoms with Crippen LogP contribution in [0, 0.1) is 0 Å². The molecule has 0 unspecified atom stereocenters. The van der Waals surface area contributed by atoms with Gasteiger partial charge in [-0.05, 0) is 46.5 Å². The lowest BCUT2D eigenvalue weighted by Gasteiger charge is -2.33. The minimum absolute atomic E-state index is 0.283. The molecule has 2 aliphatic rings. The van der Waals surface area contributed by atoms with Crippen molar-refractivity contribution in [2.45, 2.75) is 23.9 Å². The number of anilines is 1. The Hall–Kier alpha value is -3.80. The van der Waals surface area contributed by atoms with Gasteiger partial charge in [0.25, 0.3) is 0 Å². The van der Waals surface area contributed by atoms with E-state index in [0.717, 1.165) is 27.9 Å². The van der Waals surface area contributed by atoms with Crippen molar-refractivity contribution in [2.75, 3.05) is 26.2 Å². The van der Waals surface area contributed by atoms with E-state index in [1.54, 1.807) is 7.11 Å². The minimum Gasteiger partial charge on any atom is -0.497 e. The Bertz CT molecular complexity index is 1130. The molecule has 6 nitrogen and oxygen atoms in total. The third kappa shape index (κ3) is 3.17. The fourth-order valence-electron chi connectivity index (χ4n) is 5.54. The summed E-state index contributed by atoms with van der Waals surface area (Å²) >= 11 is 0. The van der Waals surface area contributed by atoms with E-state index in [0.29, 0.717) is 5.75 Å². The highest BCUT2D eigenvalue weighted by molar-refractivity contribution is 5.93. The van der Waals surface area contributed by atoms with Crippen LogP contribution in [0.3, 0.4) is 0 Å². The molecule has 3 aromatic rings. The van der Waals surface area contributed by atoms with Crippen LogP contribution in [-0.4, -0.2) is 45.4 Å². The fraction of sp³-hybridized carbons (Fsp3) is 0.259. The maximum Gasteiger partial charge on any atom is 0.329 e. The standard InChI is InChI=1S/C27H25NO5/c1-31-17-14-12-16(13-15-17)28-24(26(29)32-2)22-20-10-6-4-8-18(20)19-9-5-7-11-21(19)23(22)25(28)27(30)33-3/h4-15,22-25H,1-3H3/t22-,23-,24-,25+/m1/s1. The number of benzene rings is 3. The Morgan fingerprint density at radius 1 is 0.667 bits per heavy atom. The normalized spacial score (nSPS) is 22.6. The van der Waals surface area contributed by atoms with Crippen LogP contribution in [0.25, 0.3) is 11.1 Å². The molecule has 1 saturated heterocycles. The van der Waals surface area contributed by atoms with Crippen molar-refractivity contribution >= 4 is 17.6 Å². The van der Waals surface area contributed by atoms with Gasteiger partial charge in [0.2, 0.25) is 0 Å². The van der Waals surface area contributed by atoms with Crippen molar-refractivity contribution in [3.8, 4) is 16.9 Å². The number of hydrogen-bond donors (Lipinski definition) is 0. The van der Waals surface area contributed by atoms with E-state index < -0.39 is 12.1 Å². The maximum atomic E-state index is 13.3. The third-order valence-electron chi connectivity index (χ3n) is 6.85. The number of fused-ring (bicyclic) bond motifs is 6. The molecule has 1 aliphatic heterocycles. The zero-order valence-electron chi connectivity index (χ0n) is 18.7. The summed E-state index contributed by atoms with van der Waals surface area (Å²) in [6, 6.07) is 22.1. The van der Waals surface area contributed by atoms with Crippen molar-refractivity contribution in [3.63, 3.8) is 0 Å². The smallest absolute Gasteiger partial charge is 0.329 e. The highest BCUT2D eigenvalue weighted by Gasteiger charge is 2.59. The first-order valence-electron chi connectivity index (χ1n) is 10.9. The number of methoxy groups -OCH3 is 3. The molecule has 3 aromatic carbocycles. The molecule has 0 bridgehead atoms. The lowest BCUT2D eigenvalue weighted by atomic mass is 9.69. The monoisotopic (exact) mass is 443 g/mol. The predicted octanol–water partition coefficient (Wildman–Crippen LogP) is 4.15. The number of ether oxygens (including phenoxy) is 3. The molecule has 1 aliphatic carbocycles. The molecule has 0 spiro atoms. The van der Waals surface area contributed by atoms with Crippen molar-refractivity contribution in [3.05, 3.63) is 83.9 Å². The van der Waals surface area contributed by atoms with Gasteiger partial charge in [0, 0.05) is 17.5 Å². The quantitative estimate of drug-likeness (QED) is 0.565. The molecule has 33 heavy (non-hydrogen) atoms. The fourth-order valence-corrected chi connectivity index (χ4v) is 5.54. The Balaban J connectivity index is 1.79. The van der Waals surface area contributed by atoms with Gasteiger partial charge >= 0.3 is 11.9 Å². The molecule has 1 fully saturated rings. The second-order valence-corrected chi connectivity index (χ2v) is 8.27. The summed E-state index contributed by atoms with van der Waals surface area (Å²) in [5, 5.41) is 0. The Morgan fingerprint density at radius 2 is 1.12 bits per heavy atom. The highest BCUT2D eigenvalue weighted by atomic mass is 16.5. The number of nitrogens with zero attached hydrogens (tertiary/aromatic N) is 1. The third-order valence-corrected chi connectivity index (χ3v) is 6.85. The summed E-state index contributed by atoms with van der Waals surface area (Å²) in [5.41, 5.74) is 4.93. The van der Waals surface area contributed by atoms with Gasteiger partial charge in [-0.15, -0.1) is 0 Å². The van der Waals surface area contributed by atoms with Crippen LogP contribution in [-0.2, 0) is 19.1 Å². The number of hydrogen-bond acceptors (Lipinski definition) is 6. The first kappa shape index (κ1) is 21.1. The molecule has 0 saturated carbocycles. The largest absolute Gasteiger partial charge is 0.497 e. The molecule has 168 valence electrons. The van der Waals surface area contributed by atoms with Gasteiger partial charge in [-0.3, -0.25) is 0 Å². The summed E-state index contributed by atoms with van der Waals surface area (Å²) < 4.78 is 15.9. The number of carbonyl (C=O) groups is 2. The van der Waals surface area contributed by atoms with Gasteiger partial charge in [-0.25, -0.2) is 9.59 Å². The topological polar surface area (TPSA) is 65.1 Å². The van der Waals surface area contributed by atoms with Crippen LogP contribution in [0.4, 0.5) is 5.69 Å². The van der Waals surface area contributed by atoms with E-state index in [2.05, 4.69) is 12.1 Å². The second-order valence-electron chi connectivity index (χ2n) is 8.27. The lowest BCUT2D eigenvalue weighted by Crippen LogP contribution is -2.46. The van der Waals surface area contributed by atoms with E-state index in [1.807, 2.05) is 65.6 Å². The summed E-state index contributed by atoms with van der Waals surface area (Å²) in [4.78, 5) is 28.5. The predicted molar refractivity (Wildman–Crippen MR) is 124 cm³/mol. The summed E-state index contributed by atoms with van der Waals surface area (Å²) in [6.45, 7) is 0. The van der Waals surface area contributed by atoms with E-state index in [4.69, 9.17) is 14.2 Å². The Labute approximate surface area is 192 Å². The van der Waals surface area contributed by atoms with E-state index >= 15 is 0 Å². The molecular weight excluding hydrogens is 418 g/mol. The average molecular weight is 443 g/mol. The minimum atomic E-state index is -0.702. The summed E-state index contributed by atoms with van der Waals surface area (Å²) in [5.74, 6) is -0.650. The van der Waals surface area contributed by atoms with Gasteiger partial charge in [0.1, 0.15) is 17.8 Å². The van der Waals surface area contributed by atoms with Crippen molar-refractivity contribution in [1.29, 1.82) is 0 Å². The van der Waals surface area contributed by atoms with Crippen molar-refractivity contribution in [2.24, 2.45) is 0 Å². The van der Waals surface area contributed by atoms with E-state index in [1.165, 1.54) is 14.2 Å². The Morgan fingerprint density at radius 3 is 1.55 bits per heavy atom. The van der Waals surface area contributed by atoms with Crippen molar-refractivity contribution in [1.82, 2.24) is 0 Å². The van der Waals surface area contributed by atoms with Gasteiger partial charge in [0.05, 0.1) is 21.3 Å². The first-order valence-corrected chi connectivity index (χ1v) is 10.9. The van der Waals surface area contributed by atoms with Crippen LogP contribution < -0.4 is 9.64 Å². The molecule has 1 heterocycles. The molecule has 0 aromatic heterocycles. The van der Waals surface area contributed by atoms with Crippen LogP contribution in [0.2, 0.25) is 0 Å². The van der Waals surface area contributed by atoms with Gasteiger partial charge in [-0.2, -0.15) is 0 Å². The molecule has 6 heteroatoms. The molecule has 4 atom stereocenters. The zero-order chi connectivity index (χ0) is 23.1. The van der Waals surface area contributed by atoms with Gasteiger partial charge < -0.3 is 19.1 Å². The second kappa shape index (κ2) is 8.28. The maximum absolute atomic E-state index is 13.3. The van der Waals surface area contributed by atoms with E-state index in [9.17, 15) is 9.59 Å². The van der Waals surface area contributed by atoms with E-state index in [-0.39, 0.29) is 23.8 Å². The molecular formula is C27H25NO5. The number of rotatable bonds is 4. The molecule has 0 amide bonds. The molecule has 0 N–H and O–H groups in total. The van der Waals surface area contributed by atoms with Crippen LogP contribution >= 0.6 is 0 Å². The summed E-state index contributed by atoms with van der Waals surface area (Å²) in [6.07, 6.45) is 0. The highest BCUT2D eigenvalue weighted by Crippen LogP contribution is 2.57. The van der Waals surface area contributed by atoms with Crippen LogP contribution in [0.15, 0.2) is 72.8 Å². The number of esters is 2. The van der Waals surface area contributed by atoms with Crippen molar-refractivity contribution < 1.29 is 23.8 Å². The molecule has 0 radical (unpaired) electrons. The molecule has 5 rings (SSSR count). The summed E-state index contributed by atoms with van der Waals surface area (Å²) in [7, 11) is 4.37. The first-order chi connectivity index (χ1) is 16.1. The van der Waals surface area contributed by atoms with Gasteiger partial charge in [-0.1, -0.05) is 48.5 Å². The number of carbonyl (C=O) groups excluding carboxylic acids is 2. The Kier molecular flexibility index (Phi) is 5.29. The van der Waals surface area contributed by atoms with Crippen LogP contribution in [0.1, 0.15) is 23.0 Å². The van der Waals surface area contributed by atoms with Gasteiger partial charge in [0.15, 0.2) is 0 Å². The average Bonchev–Trinajstić information content (AvgIpc) is 3.24.